The van der Waals surface area contributed by atoms with Gasteiger partial charge in [-0.3, -0.25) is 9.59 Å². The topological polar surface area (TPSA) is 87.1 Å². The molecule has 0 saturated carbocycles. The fourth-order valence-corrected chi connectivity index (χ4v) is 6.95. The summed E-state index contributed by atoms with van der Waals surface area (Å²) >= 11 is 0. The number of allylic oxidation sites excluding steroid dienone is 1. The van der Waals surface area contributed by atoms with Crippen molar-refractivity contribution >= 4 is 29.2 Å². The van der Waals surface area contributed by atoms with E-state index in [1.54, 1.807) is 24.3 Å². The van der Waals surface area contributed by atoms with Gasteiger partial charge in [0, 0.05) is 5.92 Å². The van der Waals surface area contributed by atoms with Gasteiger partial charge in [0.05, 0.1) is 48.0 Å². The number of ether oxygens (including phenoxy) is 1. The van der Waals surface area contributed by atoms with Crippen LogP contribution in [0.25, 0.3) is 11.6 Å². The molecule has 0 bridgehead atoms. The van der Waals surface area contributed by atoms with Crippen LogP contribution in [-0.4, -0.2) is 41.3 Å². The number of carbonyl (C=O) groups is 2. The molecule has 6 nitrogen and oxygen atoms in total. The summed E-state index contributed by atoms with van der Waals surface area (Å²) in [5.41, 5.74) is -0.197. The lowest BCUT2D eigenvalue weighted by molar-refractivity contribution is -0.143. The number of nitrogens with zero attached hydrogens (tertiary/aromatic N) is 1. The first-order chi connectivity index (χ1) is 22.3. The molecular formula is C35H29F6NO5. The lowest BCUT2D eigenvalue weighted by atomic mass is 9.69. The van der Waals surface area contributed by atoms with Crippen molar-refractivity contribution in [1.29, 1.82) is 0 Å². The number of halogens is 6. The van der Waals surface area contributed by atoms with Crippen molar-refractivity contribution in [2.24, 2.45) is 17.8 Å². The molecule has 0 radical (unpaired) electrons. The Morgan fingerprint density at radius 1 is 0.872 bits per heavy atom. The van der Waals surface area contributed by atoms with E-state index in [1.165, 1.54) is 0 Å². The number of hydrogen-bond acceptors (Lipinski definition) is 5. The maximum atomic E-state index is 13.8. The Bertz CT molecular complexity index is 1710. The summed E-state index contributed by atoms with van der Waals surface area (Å²) in [4.78, 5) is 27.7. The van der Waals surface area contributed by atoms with Crippen molar-refractivity contribution in [1.82, 2.24) is 0 Å². The number of aliphatic hydroxyl groups excluding tert-OH is 1. The molecule has 0 spiro atoms. The molecule has 2 fully saturated rings. The minimum atomic E-state index is -5.16. The fraction of sp³-hybridized carbons (Fsp3) is 0.314. The van der Waals surface area contributed by atoms with Crippen LogP contribution in [0.4, 0.5) is 32.0 Å². The first-order valence-corrected chi connectivity index (χ1v) is 14.9. The summed E-state index contributed by atoms with van der Waals surface area (Å²) in [5.74, 6) is -4.50. The number of phenols is 1. The minimum absolute atomic E-state index is 0.00371. The zero-order valence-electron chi connectivity index (χ0n) is 24.7. The second-order valence-electron chi connectivity index (χ2n) is 11.9. The summed E-state index contributed by atoms with van der Waals surface area (Å²) in [6.45, 7) is -0.455. The van der Waals surface area contributed by atoms with Gasteiger partial charge in [0.15, 0.2) is 0 Å². The number of benzene rings is 3. The summed E-state index contributed by atoms with van der Waals surface area (Å²) in [6.07, 6.45) is -8.03. The van der Waals surface area contributed by atoms with Crippen LogP contribution in [0, 0.1) is 17.8 Å². The Kier molecular flexibility index (Phi) is 8.52. The molecule has 0 aromatic heterocycles. The summed E-state index contributed by atoms with van der Waals surface area (Å²) in [7, 11) is 0. The lowest BCUT2D eigenvalue weighted by Gasteiger charge is -2.31. The quantitative estimate of drug-likeness (QED) is 0.121. The molecule has 0 unspecified atom stereocenters. The molecule has 47 heavy (non-hydrogen) atoms. The van der Waals surface area contributed by atoms with Crippen LogP contribution in [-0.2, 0) is 26.7 Å². The fourth-order valence-electron chi connectivity index (χ4n) is 6.95. The molecule has 1 aliphatic carbocycles. The molecular weight excluding hydrogens is 628 g/mol. The molecule has 246 valence electrons. The van der Waals surface area contributed by atoms with E-state index in [2.05, 4.69) is 0 Å². The van der Waals surface area contributed by atoms with E-state index in [9.17, 15) is 46.1 Å². The number of anilines is 1. The number of hydrogen-bond donors (Lipinski definition) is 2. The van der Waals surface area contributed by atoms with Gasteiger partial charge in [-0.1, -0.05) is 48.5 Å². The van der Waals surface area contributed by atoms with Crippen molar-refractivity contribution in [2.45, 2.75) is 37.7 Å². The predicted molar refractivity (Wildman–Crippen MR) is 160 cm³/mol. The number of amides is 2. The smallest absolute Gasteiger partial charge is 0.416 e. The molecule has 2 saturated heterocycles. The maximum absolute atomic E-state index is 13.8. The molecule has 2 aliphatic heterocycles. The van der Waals surface area contributed by atoms with Gasteiger partial charge in [-0.2, -0.15) is 26.3 Å². The van der Waals surface area contributed by atoms with Gasteiger partial charge in [-0.15, -0.1) is 0 Å². The summed E-state index contributed by atoms with van der Waals surface area (Å²) in [6, 6.07) is 17.0. The first kappa shape index (κ1) is 32.5. The van der Waals surface area contributed by atoms with E-state index < -0.39 is 71.4 Å². The number of imide groups is 1. The molecule has 6 rings (SSSR count). The molecule has 4 atom stereocenters. The lowest BCUT2D eigenvalue weighted by Crippen LogP contribution is -2.35. The highest BCUT2D eigenvalue weighted by Crippen LogP contribution is 2.51. The number of carbonyl (C=O) groups excluding carboxylic acids is 2. The summed E-state index contributed by atoms with van der Waals surface area (Å²) < 4.78 is 87.6. The van der Waals surface area contributed by atoms with Crippen LogP contribution in [0.15, 0.2) is 83.9 Å². The van der Waals surface area contributed by atoms with Crippen molar-refractivity contribution in [3.05, 3.63) is 106 Å². The van der Waals surface area contributed by atoms with Gasteiger partial charge in [0.25, 0.3) is 0 Å². The predicted octanol–water partition coefficient (Wildman–Crippen LogP) is 7.26. The van der Waals surface area contributed by atoms with Crippen LogP contribution in [0.1, 0.15) is 41.5 Å². The highest BCUT2D eigenvalue weighted by atomic mass is 19.4. The molecule has 3 aromatic carbocycles. The Balaban J connectivity index is 1.29. The third-order valence-corrected chi connectivity index (χ3v) is 9.08. The number of rotatable bonds is 7. The number of fused-ring (bicyclic) bond motifs is 3. The maximum Gasteiger partial charge on any atom is 0.416 e. The van der Waals surface area contributed by atoms with Crippen LogP contribution >= 0.6 is 0 Å². The van der Waals surface area contributed by atoms with E-state index in [0.717, 1.165) is 16.7 Å². The monoisotopic (exact) mass is 657 g/mol. The van der Waals surface area contributed by atoms with Gasteiger partial charge in [0.1, 0.15) is 5.75 Å². The van der Waals surface area contributed by atoms with Crippen LogP contribution in [0.5, 0.6) is 5.75 Å². The third kappa shape index (κ3) is 6.31. The van der Waals surface area contributed by atoms with Gasteiger partial charge >= 0.3 is 12.4 Å². The normalized spacial score (nSPS) is 23.4. The SMILES string of the molecule is O=C1[C@@H]2[C@@H](CC(CO)=C3[C@@H](CC/C(=C/c4ccc(O)cc4)c4ccccc4)OC[C@@H]32)C(=O)N1c1cc(C(F)(F)F)cc(C(F)(F)F)c1. The van der Waals surface area contributed by atoms with Crippen LogP contribution in [0.3, 0.4) is 0 Å². The number of aromatic hydroxyl groups is 1. The largest absolute Gasteiger partial charge is 0.508 e. The first-order valence-electron chi connectivity index (χ1n) is 14.9. The molecule has 3 aromatic rings. The Labute approximate surface area is 265 Å². The minimum Gasteiger partial charge on any atom is -0.508 e. The Morgan fingerprint density at radius 3 is 2.11 bits per heavy atom. The second kappa shape index (κ2) is 12.3. The van der Waals surface area contributed by atoms with Gasteiger partial charge in [-0.05, 0) is 77.4 Å². The van der Waals surface area contributed by atoms with E-state index in [-0.39, 0.29) is 24.8 Å². The highest BCUT2D eigenvalue weighted by Gasteiger charge is 2.57. The van der Waals surface area contributed by atoms with Gasteiger partial charge in [0.2, 0.25) is 11.8 Å². The van der Waals surface area contributed by atoms with E-state index in [4.69, 9.17) is 4.74 Å². The average Bonchev–Trinajstić information content (AvgIpc) is 3.57. The highest BCUT2D eigenvalue weighted by molar-refractivity contribution is 6.22. The zero-order valence-corrected chi connectivity index (χ0v) is 24.7. The number of alkyl halides is 6. The average molecular weight is 658 g/mol. The molecule has 3 aliphatic rings. The number of aliphatic hydroxyl groups is 1. The second-order valence-corrected chi connectivity index (χ2v) is 11.9. The third-order valence-electron chi connectivity index (χ3n) is 9.08. The standard InChI is InChI=1S/C35H29F6NO5/c36-34(37,38)23-14-24(35(39,40)41)16-25(15-23)42-32(45)27-13-22(17-43)30-28(31(27)33(42)46)18-47-29(30)11-8-21(20-4-2-1-3-5-20)12-19-6-9-26(44)10-7-19/h1-7,9-10,12,14-16,27-29,31,43-44H,8,11,13,17-18H2/b21-12-/t27-,28+,29-,31-/m1/s1. The summed E-state index contributed by atoms with van der Waals surface area (Å²) in [5, 5.41) is 20.0. The van der Waals surface area contributed by atoms with E-state index in [0.29, 0.717) is 41.0 Å². The Hall–Kier alpha value is -4.42. The van der Waals surface area contributed by atoms with Crippen LogP contribution in [0.2, 0.25) is 0 Å². The van der Waals surface area contributed by atoms with Gasteiger partial charge < -0.3 is 14.9 Å². The van der Waals surface area contributed by atoms with Crippen molar-refractivity contribution in [3.63, 3.8) is 0 Å². The number of phenolic OH excluding ortho intramolecular Hbond substituents is 1. The zero-order chi connectivity index (χ0) is 33.7. The molecule has 2 N–H and O–H groups in total. The van der Waals surface area contributed by atoms with Crippen molar-refractivity contribution in [3.8, 4) is 5.75 Å². The molecule has 12 heteroatoms. The Morgan fingerprint density at radius 2 is 1.51 bits per heavy atom. The van der Waals surface area contributed by atoms with Gasteiger partial charge in [-0.25, -0.2) is 4.90 Å². The molecule has 2 heterocycles. The molecule has 2 amide bonds. The van der Waals surface area contributed by atoms with E-state index in [1.807, 2.05) is 36.4 Å². The van der Waals surface area contributed by atoms with Crippen molar-refractivity contribution < 1.29 is 50.9 Å². The van der Waals surface area contributed by atoms with Crippen molar-refractivity contribution in [2.75, 3.05) is 18.1 Å². The van der Waals surface area contributed by atoms with Crippen LogP contribution < -0.4 is 4.90 Å². The van der Waals surface area contributed by atoms with E-state index >= 15 is 0 Å².